The summed E-state index contributed by atoms with van der Waals surface area (Å²) in [5.74, 6) is 0. The van der Waals surface area contributed by atoms with E-state index in [1.807, 2.05) is 91.0 Å². The zero-order valence-electron chi connectivity index (χ0n) is 15.7. The Morgan fingerprint density at radius 2 is 1.41 bits per heavy atom. The largest absolute Gasteiger partial charge is 0.327 e. The van der Waals surface area contributed by atoms with Crippen molar-refractivity contribution in [1.82, 2.24) is 15.6 Å². The van der Waals surface area contributed by atoms with Gasteiger partial charge in [0.1, 0.15) is 0 Å². The highest BCUT2D eigenvalue weighted by molar-refractivity contribution is 6.03. The summed E-state index contributed by atoms with van der Waals surface area (Å²) in [4.78, 5) is 17.5. The number of aromatic nitrogens is 1. The van der Waals surface area contributed by atoms with Crippen molar-refractivity contribution in [3.63, 3.8) is 0 Å². The molecule has 2 N–H and O–H groups in total. The van der Waals surface area contributed by atoms with Crippen molar-refractivity contribution in [3.05, 3.63) is 114 Å². The molecule has 4 heteroatoms. The average molecular weight is 377 g/mol. The van der Waals surface area contributed by atoms with Gasteiger partial charge in [0.2, 0.25) is 0 Å². The molecule has 0 bridgehead atoms. The number of nitrogens with zero attached hydrogens (tertiary/aromatic N) is 1. The molecule has 1 aliphatic heterocycles. The monoisotopic (exact) mass is 377 g/mol. The molecule has 0 radical (unpaired) electrons. The number of benzene rings is 3. The van der Waals surface area contributed by atoms with Crippen molar-refractivity contribution >= 4 is 28.2 Å². The van der Waals surface area contributed by atoms with Crippen LogP contribution in [0.1, 0.15) is 22.9 Å². The lowest BCUT2D eigenvalue weighted by molar-refractivity contribution is 0.242. The van der Waals surface area contributed by atoms with Crippen LogP contribution in [0, 0.1) is 0 Å². The van der Waals surface area contributed by atoms with Crippen LogP contribution in [0.3, 0.4) is 0 Å². The maximum atomic E-state index is 12.5. The van der Waals surface area contributed by atoms with Crippen LogP contribution >= 0.6 is 0 Å². The van der Waals surface area contributed by atoms with Gasteiger partial charge in [0, 0.05) is 11.0 Å². The second-order valence-electron chi connectivity index (χ2n) is 6.99. The Morgan fingerprint density at radius 1 is 0.724 bits per heavy atom. The number of hydrogen-bond donors (Lipinski definition) is 2. The van der Waals surface area contributed by atoms with E-state index in [0.29, 0.717) is 0 Å². The molecule has 5 rings (SSSR count). The van der Waals surface area contributed by atoms with E-state index in [9.17, 15) is 4.79 Å². The van der Waals surface area contributed by atoms with Gasteiger partial charge in [-0.3, -0.25) is 0 Å². The van der Waals surface area contributed by atoms with Crippen molar-refractivity contribution in [2.45, 2.75) is 6.04 Å². The predicted octanol–water partition coefficient (Wildman–Crippen LogP) is 5.16. The molecule has 0 saturated carbocycles. The molecule has 0 spiro atoms. The Balaban J connectivity index is 1.78. The van der Waals surface area contributed by atoms with Gasteiger partial charge >= 0.3 is 6.03 Å². The van der Waals surface area contributed by atoms with Gasteiger partial charge in [-0.25, -0.2) is 9.78 Å². The molecular weight excluding hydrogens is 358 g/mol. The van der Waals surface area contributed by atoms with Crippen molar-refractivity contribution < 1.29 is 4.79 Å². The summed E-state index contributed by atoms with van der Waals surface area (Å²) in [5, 5.41) is 7.19. The Bertz CT molecular complexity index is 1220. The highest BCUT2D eigenvalue weighted by Crippen LogP contribution is 2.37. The summed E-state index contributed by atoms with van der Waals surface area (Å²) in [7, 11) is 0. The maximum absolute atomic E-state index is 12.5. The van der Waals surface area contributed by atoms with Crippen LogP contribution in [0.15, 0.2) is 97.1 Å². The van der Waals surface area contributed by atoms with E-state index < -0.39 is 0 Å². The maximum Gasteiger partial charge on any atom is 0.320 e. The summed E-state index contributed by atoms with van der Waals surface area (Å²) < 4.78 is 0. The lowest BCUT2D eigenvalue weighted by Gasteiger charge is -2.30. The first-order valence-corrected chi connectivity index (χ1v) is 9.58. The standard InChI is InChI=1S/C25H19N3O/c29-25-27-23(18-10-3-1-4-11-18)22(24(28-25)19-12-5-2-6-13-19)21-16-15-17-9-7-8-14-20(17)26-21/h1-16,23H,(H2,27,28,29)/t23-/m0/s1. The second kappa shape index (κ2) is 7.24. The molecule has 4 nitrogen and oxygen atoms in total. The quantitative estimate of drug-likeness (QED) is 0.518. The first-order valence-electron chi connectivity index (χ1n) is 9.58. The molecule has 0 unspecified atom stereocenters. The van der Waals surface area contributed by atoms with Gasteiger partial charge in [0.15, 0.2) is 0 Å². The second-order valence-corrected chi connectivity index (χ2v) is 6.99. The third kappa shape index (κ3) is 3.25. The van der Waals surface area contributed by atoms with Crippen LogP contribution in [-0.4, -0.2) is 11.0 Å². The first kappa shape index (κ1) is 17.2. The minimum Gasteiger partial charge on any atom is -0.327 e. The fraction of sp³-hybridized carbons (Fsp3) is 0.0400. The van der Waals surface area contributed by atoms with E-state index in [0.717, 1.165) is 39.0 Å². The fourth-order valence-electron chi connectivity index (χ4n) is 3.78. The summed E-state index contributed by atoms with van der Waals surface area (Å²) in [6.45, 7) is 0. The molecule has 1 atom stereocenters. The minimum absolute atomic E-state index is 0.220. The van der Waals surface area contributed by atoms with Gasteiger partial charge in [-0.05, 0) is 23.3 Å². The van der Waals surface area contributed by atoms with Gasteiger partial charge in [0.05, 0.1) is 22.9 Å². The number of nitrogens with one attached hydrogen (secondary N) is 2. The number of pyridine rings is 1. The number of amides is 2. The van der Waals surface area contributed by atoms with Crippen molar-refractivity contribution in [2.75, 3.05) is 0 Å². The predicted molar refractivity (Wildman–Crippen MR) is 116 cm³/mol. The molecule has 29 heavy (non-hydrogen) atoms. The molecule has 4 aromatic rings. The third-order valence-corrected chi connectivity index (χ3v) is 5.14. The molecule has 0 aliphatic carbocycles. The first-order chi connectivity index (χ1) is 14.3. The van der Waals surface area contributed by atoms with Gasteiger partial charge in [-0.15, -0.1) is 0 Å². The molecule has 1 aromatic heterocycles. The van der Waals surface area contributed by atoms with E-state index in [2.05, 4.69) is 16.7 Å². The Hall–Kier alpha value is -3.92. The SMILES string of the molecule is O=C1NC(c2ccccc2)=C(c2ccc3ccccc3n2)[C@H](c2ccccc2)N1. The molecule has 140 valence electrons. The summed E-state index contributed by atoms with van der Waals surface area (Å²) >= 11 is 0. The van der Waals surface area contributed by atoms with E-state index >= 15 is 0 Å². The van der Waals surface area contributed by atoms with Crippen LogP contribution in [0.4, 0.5) is 4.79 Å². The molecule has 2 heterocycles. The van der Waals surface area contributed by atoms with Gasteiger partial charge in [0.25, 0.3) is 0 Å². The average Bonchev–Trinajstić information content (AvgIpc) is 2.79. The third-order valence-electron chi connectivity index (χ3n) is 5.14. The molecule has 0 saturated heterocycles. The summed E-state index contributed by atoms with van der Waals surface area (Å²) in [6, 6.07) is 31.5. The topological polar surface area (TPSA) is 54.0 Å². The Kier molecular flexibility index (Phi) is 4.30. The van der Waals surface area contributed by atoms with Crippen molar-refractivity contribution in [3.8, 4) is 0 Å². The summed E-state index contributed by atoms with van der Waals surface area (Å²) in [6.07, 6.45) is 0. The van der Waals surface area contributed by atoms with Crippen LogP contribution in [0.2, 0.25) is 0 Å². The molecule has 2 amide bonds. The number of carbonyl (C=O) groups excluding carboxylic acids is 1. The number of para-hydroxylation sites is 1. The number of carbonyl (C=O) groups is 1. The lowest BCUT2D eigenvalue weighted by Crippen LogP contribution is -2.43. The van der Waals surface area contributed by atoms with Gasteiger partial charge in [-0.1, -0.05) is 84.9 Å². The van der Waals surface area contributed by atoms with E-state index in [1.54, 1.807) is 0 Å². The highest BCUT2D eigenvalue weighted by atomic mass is 16.2. The van der Waals surface area contributed by atoms with E-state index in [1.165, 1.54) is 0 Å². The Morgan fingerprint density at radius 3 is 2.21 bits per heavy atom. The zero-order valence-corrected chi connectivity index (χ0v) is 15.7. The van der Waals surface area contributed by atoms with Crippen LogP contribution in [0.25, 0.3) is 22.2 Å². The van der Waals surface area contributed by atoms with Crippen molar-refractivity contribution in [1.29, 1.82) is 0 Å². The van der Waals surface area contributed by atoms with E-state index in [-0.39, 0.29) is 12.1 Å². The van der Waals surface area contributed by atoms with E-state index in [4.69, 9.17) is 4.98 Å². The number of hydrogen-bond acceptors (Lipinski definition) is 2. The zero-order chi connectivity index (χ0) is 19.6. The van der Waals surface area contributed by atoms with Crippen LogP contribution < -0.4 is 10.6 Å². The van der Waals surface area contributed by atoms with Crippen molar-refractivity contribution in [2.24, 2.45) is 0 Å². The lowest BCUT2D eigenvalue weighted by atomic mass is 9.90. The molecular formula is C25H19N3O. The van der Waals surface area contributed by atoms with Crippen LogP contribution in [0.5, 0.6) is 0 Å². The summed E-state index contributed by atoms with van der Waals surface area (Å²) in [5.41, 5.74) is 5.46. The Labute approximate surface area is 168 Å². The highest BCUT2D eigenvalue weighted by Gasteiger charge is 2.30. The van der Waals surface area contributed by atoms with Gasteiger partial charge in [-0.2, -0.15) is 0 Å². The molecule has 1 aliphatic rings. The fourth-order valence-corrected chi connectivity index (χ4v) is 3.78. The molecule has 3 aromatic carbocycles. The smallest absolute Gasteiger partial charge is 0.320 e. The van der Waals surface area contributed by atoms with Crippen LogP contribution in [-0.2, 0) is 0 Å². The minimum atomic E-state index is -0.297. The normalized spacial score (nSPS) is 16.4. The number of rotatable bonds is 3. The van der Waals surface area contributed by atoms with Gasteiger partial charge < -0.3 is 10.6 Å². The molecule has 0 fully saturated rings. The number of urea groups is 1. The number of fused-ring (bicyclic) bond motifs is 1.